The summed E-state index contributed by atoms with van der Waals surface area (Å²) in [5.41, 5.74) is 1.81. The normalized spacial score (nSPS) is 19.6. The number of nitrogens with zero attached hydrogens (tertiary/aromatic N) is 2. The fourth-order valence-electron chi connectivity index (χ4n) is 2.21. The lowest BCUT2D eigenvalue weighted by molar-refractivity contribution is -0.384. The van der Waals surface area contributed by atoms with E-state index in [9.17, 15) is 18.5 Å². The molecule has 0 aromatic heterocycles. The third kappa shape index (κ3) is 2.97. The summed E-state index contributed by atoms with van der Waals surface area (Å²) >= 11 is 0. The van der Waals surface area contributed by atoms with Gasteiger partial charge in [-0.2, -0.15) is 4.31 Å². The van der Waals surface area contributed by atoms with E-state index < -0.39 is 14.9 Å². The van der Waals surface area contributed by atoms with E-state index in [2.05, 4.69) is 5.43 Å². The molecule has 0 aliphatic carbocycles. The average molecular weight is 316 g/mol. The number of rotatable bonds is 5. The monoisotopic (exact) mass is 316 g/mol. The first-order valence-corrected chi connectivity index (χ1v) is 7.62. The Morgan fingerprint density at radius 1 is 1.52 bits per heavy atom. The molecule has 1 fully saturated rings. The lowest BCUT2D eigenvalue weighted by atomic mass is 10.3. The molecule has 0 bridgehead atoms. The SMILES string of the molecule is COC1CCN(S(=O)(=O)c2ccc([N+](=O)[O-])c(NN)c2)C1. The van der Waals surface area contributed by atoms with Gasteiger partial charge in [-0.25, -0.2) is 8.42 Å². The highest BCUT2D eigenvalue weighted by Crippen LogP contribution is 2.29. The quantitative estimate of drug-likeness (QED) is 0.454. The van der Waals surface area contributed by atoms with Crippen molar-refractivity contribution >= 4 is 21.4 Å². The second-order valence-corrected chi connectivity index (χ2v) is 6.53. The lowest BCUT2D eigenvalue weighted by Crippen LogP contribution is -2.30. The summed E-state index contributed by atoms with van der Waals surface area (Å²) in [7, 11) is -2.19. The number of nitro benzene ring substituents is 1. The molecule has 1 saturated heterocycles. The van der Waals surface area contributed by atoms with Crippen LogP contribution in [0.15, 0.2) is 23.1 Å². The summed E-state index contributed by atoms with van der Waals surface area (Å²) in [5.74, 6) is 5.21. The molecule has 3 N–H and O–H groups in total. The number of nitrogen functional groups attached to an aromatic ring is 1. The number of nitro groups is 1. The van der Waals surface area contributed by atoms with Crippen LogP contribution in [-0.2, 0) is 14.8 Å². The molecule has 1 heterocycles. The number of hydrogen-bond donors (Lipinski definition) is 2. The first kappa shape index (κ1) is 15.6. The highest BCUT2D eigenvalue weighted by Gasteiger charge is 2.33. The molecule has 0 radical (unpaired) electrons. The second-order valence-electron chi connectivity index (χ2n) is 4.59. The zero-order valence-electron chi connectivity index (χ0n) is 11.4. The molecular formula is C11H16N4O5S. The molecule has 21 heavy (non-hydrogen) atoms. The van der Waals surface area contributed by atoms with Crippen LogP contribution in [0.2, 0.25) is 0 Å². The Morgan fingerprint density at radius 2 is 2.24 bits per heavy atom. The standard InChI is InChI=1S/C11H16N4O5S/c1-20-8-4-5-14(7-8)21(18,19)9-2-3-11(15(16)17)10(6-9)13-12/h2-3,6,8,13H,4-5,7,12H2,1H3. The van der Waals surface area contributed by atoms with Gasteiger partial charge in [0.15, 0.2) is 0 Å². The van der Waals surface area contributed by atoms with Gasteiger partial charge >= 0.3 is 0 Å². The van der Waals surface area contributed by atoms with Crippen LogP contribution in [0.25, 0.3) is 0 Å². The molecule has 1 unspecified atom stereocenters. The number of nitrogens with one attached hydrogen (secondary N) is 1. The summed E-state index contributed by atoms with van der Waals surface area (Å²) in [6.07, 6.45) is 0.481. The summed E-state index contributed by atoms with van der Waals surface area (Å²) in [6, 6.07) is 3.48. The van der Waals surface area contributed by atoms with E-state index in [4.69, 9.17) is 10.6 Å². The molecule has 0 amide bonds. The van der Waals surface area contributed by atoms with E-state index in [0.29, 0.717) is 13.0 Å². The van der Waals surface area contributed by atoms with Crippen molar-refractivity contribution in [2.75, 3.05) is 25.6 Å². The van der Waals surface area contributed by atoms with Crippen molar-refractivity contribution in [3.05, 3.63) is 28.3 Å². The Bertz CT molecular complexity index is 648. The Hall–Kier alpha value is -1.75. The number of ether oxygens (including phenoxy) is 1. The first-order chi connectivity index (χ1) is 9.90. The third-order valence-electron chi connectivity index (χ3n) is 3.40. The van der Waals surface area contributed by atoms with Gasteiger partial charge in [0.05, 0.1) is 15.9 Å². The Labute approximate surface area is 121 Å². The molecule has 1 aliphatic rings. The topological polar surface area (TPSA) is 128 Å². The number of benzene rings is 1. The van der Waals surface area contributed by atoms with Gasteiger partial charge in [0.1, 0.15) is 5.69 Å². The predicted molar refractivity (Wildman–Crippen MR) is 75.1 cm³/mol. The van der Waals surface area contributed by atoms with Crippen LogP contribution < -0.4 is 11.3 Å². The molecule has 1 atom stereocenters. The molecule has 1 aromatic rings. The van der Waals surface area contributed by atoms with E-state index >= 15 is 0 Å². The zero-order valence-corrected chi connectivity index (χ0v) is 12.2. The van der Waals surface area contributed by atoms with Crippen LogP contribution in [0.5, 0.6) is 0 Å². The smallest absolute Gasteiger partial charge is 0.293 e. The van der Waals surface area contributed by atoms with Gasteiger partial charge in [-0.1, -0.05) is 0 Å². The van der Waals surface area contributed by atoms with Crippen LogP contribution in [0.1, 0.15) is 6.42 Å². The number of sulfonamides is 1. The molecule has 1 aromatic carbocycles. The van der Waals surface area contributed by atoms with Crippen molar-refractivity contribution in [3.8, 4) is 0 Å². The van der Waals surface area contributed by atoms with E-state index in [1.807, 2.05) is 0 Å². The summed E-state index contributed by atoms with van der Waals surface area (Å²) in [5, 5.41) is 10.8. The molecule has 2 rings (SSSR count). The number of hydrazine groups is 1. The zero-order chi connectivity index (χ0) is 15.6. The highest BCUT2D eigenvalue weighted by atomic mass is 32.2. The van der Waals surface area contributed by atoms with Crippen LogP contribution >= 0.6 is 0 Å². The second kappa shape index (κ2) is 5.93. The summed E-state index contributed by atoms with van der Waals surface area (Å²) < 4.78 is 31.4. The van der Waals surface area contributed by atoms with E-state index in [1.165, 1.54) is 17.5 Å². The Kier molecular flexibility index (Phi) is 4.42. The van der Waals surface area contributed by atoms with E-state index in [-0.39, 0.29) is 28.9 Å². The average Bonchev–Trinajstić information content (AvgIpc) is 2.96. The first-order valence-electron chi connectivity index (χ1n) is 6.18. The van der Waals surface area contributed by atoms with E-state index in [1.54, 1.807) is 0 Å². The molecule has 9 nitrogen and oxygen atoms in total. The summed E-state index contributed by atoms with van der Waals surface area (Å²) in [4.78, 5) is 10.1. The maximum Gasteiger partial charge on any atom is 0.293 e. The third-order valence-corrected chi connectivity index (χ3v) is 5.26. The maximum atomic E-state index is 12.5. The summed E-state index contributed by atoms with van der Waals surface area (Å²) in [6.45, 7) is 0.615. The van der Waals surface area contributed by atoms with Crippen molar-refractivity contribution < 1.29 is 18.1 Å². The van der Waals surface area contributed by atoms with E-state index in [0.717, 1.165) is 12.1 Å². The van der Waals surface area contributed by atoms with Crippen molar-refractivity contribution in [2.45, 2.75) is 17.4 Å². The van der Waals surface area contributed by atoms with Crippen LogP contribution in [0.3, 0.4) is 0 Å². The molecule has 0 saturated carbocycles. The van der Waals surface area contributed by atoms with Crippen LogP contribution in [-0.4, -0.2) is 43.9 Å². The highest BCUT2D eigenvalue weighted by molar-refractivity contribution is 7.89. The molecule has 10 heteroatoms. The Morgan fingerprint density at radius 3 is 2.76 bits per heavy atom. The predicted octanol–water partition coefficient (Wildman–Crippen LogP) is 0.290. The van der Waals surface area contributed by atoms with Crippen LogP contribution in [0.4, 0.5) is 11.4 Å². The van der Waals surface area contributed by atoms with Crippen molar-refractivity contribution in [1.82, 2.24) is 4.31 Å². The lowest BCUT2D eigenvalue weighted by Gasteiger charge is -2.16. The number of hydrogen-bond acceptors (Lipinski definition) is 7. The fraction of sp³-hybridized carbons (Fsp3) is 0.455. The van der Waals surface area contributed by atoms with Gasteiger partial charge < -0.3 is 10.2 Å². The number of nitrogens with two attached hydrogens (primary N) is 1. The Balaban J connectivity index is 2.35. The van der Waals surface area contributed by atoms with Gasteiger partial charge in [0, 0.05) is 26.3 Å². The van der Waals surface area contributed by atoms with Gasteiger partial charge in [-0.3, -0.25) is 16.0 Å². The van der Waals surface area contributed by atoms with Gasteiger partial charge in [0.2, 0.25) is 10.0 Å². The fourth-order valence-corrected chi connectivity index (χ4v) is 3.72. The van der Waals surface area contributed by atoms with Gasteiger partial charge in [-0.05, 0) is 18.6 Å². The minimum absolute atomic E-state index is 0.0437. The number of anilines is 1. The molecule has 1 aliphatic heterocycles. The van der Waals surface area contributed by atoms with Crippen molar-refractivity contribution in [3.63, 3.8) is 0 Å². The minimum Gasteiger partial charge on any atom is -0.380 e. The van der Waals surface area contributed by atoms with Gasteiger partial charge in [0.25, 0.3) is 5.69 Å². The van der Waals surface area contributed by atoms with Crippen molar-refractivity contribution in [2.24, 2.45) is 5.84 Å². The maximum absolute atomic E-state index is 12.5. The minimum atomic E-state index is -3.72. The molecule has 116 valence electrons. The molecule has 0 spiro atoms. The van der Waals surface area contributed by atoms with Gasteiger partial charge in [-0.15, -0.1) is 0 Å². The van der Waals surface area contributed by atoms with Crippen LogP contribution in [0, 0.1) is 10.1 Å². The number of methoxy groups -OCH3 is 1. The molecular weight excluding hydrogens is 300 g/mol. The van der Waals surface area contributed by atoms with Crippen molar-refractivity contribution in [1.29, 1.82) is 0 Å². The largest absolute Gasteiger partial charge is 0.380 e.